The second kappa shape index (κ2) is 7.63. The molecule has 1 fully saturated rings. The molecule has 1 saturated heterocycles. The zero-order chi connectivity index (χ0) is 20.3. The normalized spacial score (nSPS) is 15.9. The molecule has 2 heterocycles. The zero-order valence-electron chi connectivity index (χ0n) is 15.4. The third-order valence-corrected chi connectivity index (χ3v) is 4.15. The predicted molar refractivity (Wildman–Crippen MR) is 98.8 cm³/mol. The molecule has 1 aromatic heterocycles. The van der Waals surface area contributed by atoms with Crippen LogP contribution in [-0.2, 0) is 9.59 Å². The first kappa shape index (κ1) is 19.3. The Hall–Kier alpha value is -3.49. The van der Waals surface area contributed by atoms with E-state index in [9.17, 15) is 18.8 Å². The van der Waals surface area contributed by atoms with Gasteiger partial charge in [0.05, 0.1) is 11.8 Å². The highest BCUT2D eigenvalue weighted by Crippen LogP contribution is 2.24. The quantitative estimate of drug-likeness (QED) is 0.451. The number of rotatable bonds is 6. The van der Waals surface area contributed by atoms with Crippen LogP contribution < -0.4 is 10.7 Å². The number of hydrazone groups is 1. The monoisotopic (exact) mass is 386 g/mol. The van der Waals surface area contributed by atoms with Gasteiger partial charge in [0, 0.05) is 13.0 Å². The maximum Gasteiger partial charge on any atom is 0.325 e. The minimum atomic E-state index is -0.971. The lowest BCUT2D eigenvalue weighted by molar-refractivity contribution is -0.130. The van der Waals surface area contributed by atoms with Gasteiger partial charge in [-0.05, 0) is 38.1 Å². The number of urea groups is 1. The molecular formula is C19H19FN4O4. The lowest BCUT2D eigenvalue weighted by atomic mass is 10.1. The molecule has 146 valence electrons. The topological polar surface area (TPSA) is 104 Å². The van der Waals surface area contributed by atoms with Crippen LogP contribution in [0, 0.1) is 5.82 Å². The van der Waals surface area contributed by atoms with Gasteiger partial charge in [0.1, 0.15) is 22.9 Å². The van der Waals surface area contributed by atoms with Crippen molar-refractivity contribution < 1.29 is 23.2 Å². The van der Waals surface area contributed by atoms with Gasteiger partial charge in [-0.3, -0.25) is 14.5 Å². The summed E-state index contributed by atoms with van der Waals surface area (Å²) in [5.74, 6) is -0.591. The van der Waals surface area contributed by atoms with Crippen LogP contribution >= 0.6 is 0 Å². The number of halogens is 1. The molecule has 8 nitrogen and oxygen atoms in total. The second-order valence-electron chi connectivity index (χ2n) is 6.74. The van der Waals surface area contributed by atoms with E-state index in [1.165, 1.54) is 12.3 Å². The lowest BCUT2D eigenvalue weighted by Gasteiger charge is -2.15. The molecule has 0 radical (unpaired) electrons. The molecule has 3 rings (SSSR count). The highest BCUT2D eigenvalue weighted by Gasteiger charge is 2.43. The molecule has 0 saturated carbocycles. The summed E-state index contributed by atoms with van der Waals surface area (Å²) in [7, 11) is 0. The van der Waals surface area contributed by atoms with Crippen LogP contribution in [-0.4, -0.2) is 41.0 Å². The summed E-state index contributed by atoms with van der Waals surface area (Å²) >= 11 is 0. The highest BCUT2D eigenvalue weighted by atomic mass is 19.1. The number of benzene rings is 1. The minimum Gasteiger partial charge on any atom is -0.455 e. The third-order valence-electron chi connectivity index (χ3n) is 4.15. The van der Waals surface area contributed by atoms with Crippen LogP contribution in [0.3, 0.4) is 0 Å². The first-order chi connectivity index (χ1) is 13.3. The van der Waals surface area contributed by atoms with Crippen LogP contribution in [0.4, 0.5) is 9.18 Å². The number of amides is 4. The van der Waals surface area contributed by atoms with Crippen molar-refractivity contribution in [1.29, 1.82) is 0 Å². The van der Waals surface area contributed by atoms with Gasteiger partial charge in [0.2, 0.25) is 5.91 Å². The molecule has 28 heavy (non-hydrogen) atoms. The van der Waals surface area contributed by atoms with E-state index in [1.807, 2.05) is 0 Å². The molecule has 2 aromatic rings. The Morgan fingerprint density at radius 3 is 2.71 bits per heavy atom. The molecule has 0 atom stereocenters. The second-order valence-corrected chi connectivity index (χ2v) is 6.74. The smallest absolute Gasteiger partial charge is 0.325 e. The molecule has 1 aliphatic rings. The molecule has 4 amide bonds. The number of hydrogen-bond donors (Lipinski definition) is 2. The van der Waals surface area contributed by atoms with Crippen molar-refractivity contribution in [3.8, 4) is 11.3 Å². The molecular weight excluding hydrogens is 367 g/mol. The van der Waals surface area contributed by atoms with Gasteiger partial charge in [0.15, 0.2) is 0 Å². The third kappa shape index (κ3) is 4.08. The number of hydrogen-bond acceptors (Lipinski definition) is 5. The van der Waals surface area contributed by atoms with Crippen LogP contribution in [0.1, 0.15) is 26.0 Å². The lowest BCUT2D eigenvalue weighted by Crippen LogP contribution is -2.40. The van der Waals surface area contributed by atoms with E-state index in [0.29, 0.717) is 17.1 Å². The number of nitrogens with zero attached hydrogens (tertiary/aromatic N) is 2. The van der Waals surface area contributed by atoms with Gasteiger partial charge in [-0.1, -0.05) is 12.1 Å². The largest absolute Gasteiger partial charge is 0.455 e. The molecule has 1 aliphatic heterocycles. The molecule has 1 aromatic carbocycles. The van der Waals surface area contributed by atoms with E-state index in [-0.39, 0.29) is 18.9 Å². The van der Waals surface area contributed by atoms with Crippen LogP contribution in [0.15, 0.2) is 45.9 Å². The highest BCUT2D eigenvalue weighted by molar-refractivity contribution is 6.06. The van der Waals surface area contributed by atoms with Crippen LogP contribution in [0.25, 0.3) is 11.3 Å². The van der Waals surface area contributed by atoms with Gasteiger partial charge >= 0.3 is 6.03 Å². The average Bonchev–Trinajstić information content (AvgIpc) is 3.17. The van der Waals surface area contributed by atoms with Crippen molar-refractivity contribution in [2.45, 2.75) is 25.8 Å². The molecule has 2 N–H and O–H groups in total. The first-order valence-electron chi connectivity index (χ1n) is 8.59. The standard InChI is InChI=1S/C19H19FN4O4/c1-19(2)17(26)24(18(27)22-19)10-9-16(25)23-21-11-12-7-8-15(28-12)13-5-3-4-6-14(13)20/h3-8,11H,9-10H2,1-2H3,(H,22,27)(H,23,25)/b21-11-. The Labute approximate surface area is 160 Å². The Bertz CT molecular complexity index is 951. The van der Waals surface area contributed by atoms with Crippen molar-refractivity contribution in [2.24, 2.45) is 5.10 Å². The fourth-order valence-corrected chi connectivity index (χ4v) is 2.69. The summed E-state index contributed by atoms with van der Waals surface area (Å²) < 4.78 is 19.2. The summed E-state index contributed by atoms with van der Waals surface area (Å²) in [6.45, 7) is 3.14. The van der Waals surface area contributed by atoms with Crippen molar-refractivity contribution in [1.82, 2.24) is 15.6 Å². The van der Waals surface area contributed by atoms with Gasteiger partial charge < -0.3 is 9.73 Å². The van der Waals surface area contributed by atoms with Crippen molar-refractivity contribution in [2.75, 3.05) is 6.54 Å². The molecule has 0 aliphatic carbocycles. The van der Waals surface area contributed by atoms with Crippen LogP contribution in [0.2, 0.25) is 0 Å². The van der Waals surface area contributed by atoms with E-state index in [2.05, 4.69) is 15.8 Å². The summed E-state index contributed by atoms with van der Waals surface area (Å²) in [6, 6.07) is 8.86. The number of nitrogens with one attached hydrogen (secondary N) is 2. The zero-order valence-corrected chi connectivity index (χ0v) is 15.4. The maximum absolute atomic E-state index is 13.8. The number of carbonyl (C=O) groups is 3. The van der Waals surface area contributed by atoms with Crippen LogP contribution in [0.5, 0.6) is 0 Å². The minimum absolute atomic E-state index is 0.0480. The molecule has 0 bridgehead atoms. The molecule has 0 unspecified atom stereocenters. The fraction of sp³-hybridized carbons (Fsp3) is 0.263. The van der Waals surface area contributed by atoms with E-state index in [1.54, 1.807) is 44.2 Å². The summed E-state index contributed by atoms with van der Waals surface area (Å²) in [6.07, 6.45) is 1.18. The summed E-state index contributed by atoms with van der Waals surface area (Å²) in [5, 5.41) is 6.30. The molecule has 9 heteroatoms. The summed E-state index contributed by atoms with van der Waals surface area (Å²) in [4.78, 5) is 36.6. The van der Waals surface area contributed by atoms with Gasteiger partial charge in [-0.2, -0.15) is 5.10 Å². The number of furan rings is 1. The van der Waals surface area contributed by atoms with Crippen molar-refractivity contribution in [3.05, 3.63) is 48.0 Å². The number of imide groups is 1. The Balaban J connectivity index is 1.51. The predicted octanol–water partition coefficient (Wildman–Crippen LogP) is 2.26. The van der Waals surface area contributed by atoms with E-state index in [0.717, 1.165) is 4.90 Å². The summed E-state index contributed by atoms with van der Waals surface area (Å²) in [5.41, 5.74) is 1.64. The first-order valence-corrected chi connectivity index (χ1v) is 8.59. The van der Waals surface area contributed by atoms with Crippen molar-refractivity contribution >= 4 is 24.1 Å². The maximum atomic E-state index is 13.8. The fourth-order valence-electron chi connectivity index (χ4n) is 2.69. The molecule has 0 spiro atoms. The Kier molecular flexibility index (Phi) is 5.25. The average molecular weight is 386 g/mol. The number of carbonyl (C=O) groups excluding carboxylic acids is 3. The van der Waals surface area contributed by atoms with E-state index in [4.69, 9.17) is 4.42 Å². The Morgan fingerprint density at radius 2 is 2.04 bits per heavy atom. The SMILES string of the molecule is CC1(C)NC(=O)N(CCC(=O)N/N=C\c2ccc(-c3ccccc3F)o2)C1=O. The van der Waals surface area contributed by atoms with E-state index >= 15 is 0 Å². The van der Waals surface area contributed by atoms with E-state index < -0.39 is 23.3 Å². The van der Waals surface area contributed by atoms with Gasteiger partial charge in [0.25, 0.3) is 5.91 Å². The van der Waals surface area contributed by atoms with Gasteiger partial charge in [-0.25, -0.2) is 14.6 Å². The Morgan fingerprint density at radius 1 is 1.29 bits per heavy atom. The van der Waals surface area contributed by atoms with Crippen molar-refractivity contribution in [3.63, 3.8) is 0 Å². The van der Waals surface area contributed by atoms with Gasteiger partial charge in [-0.15, -0.1) is 0 Å².